The van der Waals surface area contributed by atoms with E-state index < -0.39 is 0 Å². The molecule has 2 N–H and O–H groups in total. The van der Waals surface area contributed by atoms with Gasteiger partial charge in [-0.05, 0) is 60.6 Å². The Bertz CT molecular complexity index is 929. The van der Waals surface area contributed by atoms with Gasteiger partial charge in [0.05, 0.1) is 0 Å². The SMILES string of the molecule is CCc1ccc(NC(=O)Cn2c(-c3ccc(Cl)cc3)n[nH]c2=S)cc1. The van der Waals surface area contributed by atoms with Gasteiger partial charge in [0.2, 0.25) is 5.91 Å². The number of hydrogen-bond acceptors (Lipinski definition) is 3. The lowest BCUT2D eigenvalue weighted by atomic mass is 10.1. The normalized spacial score (nSPS) is 10.6. The third kappa shape index (κ3) is 4.15. The molecular formula is C18H17ClN4OS. The van der Waals surface area contributed by atoms with E-state index in [0.717, 1.165) is 17.7 Å². The molecule has 0 spiro atoms. The number of carbonyl (C=O) groups is 1. The summed E-state index contributed by atoms with van der Waals surface area (Å²) in [6.07, 6.45) is 0.961. The zero-order chi connectivity index (χ0) is 17.8. The number of aromatic amines is 1. The second kappa shape index (κ2) is 7.63. The second-order valence-corrected chi connectivity index (χ2v) is 6.37. The molecule has 0 bridgehead atoms. The van der Waals surface area contributed by atoms with E-state index in [0.29, 0.717) is 15.6 Å². The first-order valence-electron chi connectivity index (χ1n) is 7.86. The first-order chi connectivity index (χ1) is 12.1. The summed E-state index contributed by atoms with van der Waals surface area (Å²) < 4.78 is 2.05. The quantitative estimate of drug-likeness (QED) is 0.650. The topological polar surface area (TPSA) is 62.7 Å². The maximum atomic E-state index is 12.4. The molecule has 128 valence electrons. The van der Waals surface area contributed by atoms with Crippen LogP contribution in [0.25, 0.3) is 11.4 Å². The lowest BCUT2D eigenvalue weighted by Crippen LogP contribution is -2.19. The molecule has 25 heavy (non-hydrogen) atoms. The Labute approximate surface area is 155 Å². The smallest absolute Gasteiger partial charge is 0.244 e. The Hall–Kier alpha value is -2.44. The predicted octanol–water partition coefficient (Wildman–Crippen LogP) is 4.46. The van der Waals surface area contributed by atoms with Crippen LogP contribution < -0.4 is 5.32 Å². The van der Waals surface area contributed by atoms with E-state index in [2.05, 4.69) is 22.4 Å². The molecule has 0 aliphatic rings. The van der Waals surface area contributed by atoms with Gasteiger partial charge in [-0.1, -0.05) is 30.7 Å². The van der Waals surface area contributed by atoms with E-state index in [1.165, 1.54) is 5.56 Å². The number of aromatic nitrogens is 3. The van der Waals surface area contributed by atoms with E-state index in [1.54, 1.807) is 16.7 Å². The van der Waals surface area contributed by atoms with Crippen LogP contribution in [0, 0.1) is 4.77 Å². The van der Waals surface area contributed by atoms with E-state index in [-0.39, 0.29) is 12.5 Å². The molecule has 0 saturated carbocycles. The predicted molar refractivity (Wildman–Crippen MR) is 102 cm³/mol. The van der Waals surface area contributed by atoms with Gasteiger partial charge in [0, 0.05) is 16.3 Å². The van der Waals surface area contributed by atoms with Crippen molar-refractivity contribution >= 4 is 35.4 Å². The molecule has 0 aliphatic carbocycles. The molecule has 2 aromatic carbocycles. The van der Waals surface area contributed by atoms with Gasteiger partial charge in [0.25, 0.3) is 0 Å². The summed E-state index contributed by atoms with van der Waals surface area (Å²) in [7, 11) is 0. The van der Waals surface area contributed by atoms with Crippen LogP contribution in [0.1, 0.15) is 12.5 Å². The summed E-state index contributed by atoms with van der Waals surface area (Å²) in [5.41, 5.74) is 2.81. The van der Waals surface area contributed by atoms with Crippen LogP contribution in [-0.2, 0) is 17.8 Å². The van der Waals surface area contributed by atoms with E-state index in [9.17, 15) is 4.79 Å². The molecule has 7 heteroatoms. The van der Waals surface area contributed by atoms with Gasteiger partial charge in [-0.3, -0.25) is 14.5 Å². The van der Waals surface area contributed by atoms with Crippen molar-refractivity contribution in [2.24, 2.45) is 0 Å². The molecule has 5 nitrogen and oxygen atoms in total. The fraction of sp³-hybridized carbons (Fsp3) is 0.167. The highest BCUT2D eigenvalue weighted by Gasteiger charge is 2.12. The highest BCUT2D eigenvalue weighted by Crippen LogP contribution is 2.20. The third-order valence-electron chi connectivity index (χ3n) is 3.81. The highest BCUT2D eigenvalue weighted by molar-refractivity contribution is 7.71. The van der Waals surface area contributed by atoms with Gasteiger partial charge in [0.1, 0.15) is 6.54 Å². The molecule has 0 unspecified atom stereocenters. The average Bonchev–Trinajstić information content (AvgIpc) is 2.97. The Kier molecular flexibility index (Phi) is 5.31. The standard InChI is InChI=1S/C18H17ClN4OS/c1-2-12-3-9-15(10-4-12)20-16(24)11-23-17(21-22-18(23)25)13-5-7-14(19)8-6-13/h3-10H,2,11H2,1H3,(H,20,24)(H,22,25). The lowest BCUT2D eigenvalue weighted by Gasteiger charge is -2.09. The van der Waals surface area contributed by atoms with Crippen LogP contribution in [0.5, 0.6) is 0 Å². The van der Waals surface area contributed by atoms with Crippen molar-refractivity contribution in [3.05, 3.63) is 63.9 Å². The Morgan fingerprint density at radius 2 is 1.88 bits per heavy atom. The van der Waals surface area contributed by atoms with Crippen molar-refractivity contribution in [1.29, 1.82) is 0 Å². The minimum atomic E-state index is -0.169. The molecule has 1 aromatic heterocycles. The number of H-pyrrole nitrogens is 1. The number of amides is 1. The average molecular weight is 373 g/mol. The lowest BCUT2D eigenvalue weighted by molar-refractivity contribution is -0.116. The molecule has 1 heterocycles. The van der Waals surface area contributed by atoms with Crippen molar-refractivity contribution in [2.45, 2.75) is 19.9 Å². The van der Waals surface area contributed by atoms with Crippen molar-refractivity contribution in [1.82, 2.24) is 14.8 Å². The first-order valence-corrected chi connectivity index (χ1v) is 8.65. The summed E-state index contributed by atoms with van der Waals surface area (Å²) in [4.78, 5) is 12.4. The molecule has 0 aliphatic heterocycles. The number of anilines is 1. The largest absolute Gasteiger partial charge is 0.325 e. The number of nitrogens with one attached hydrogen (secondary N) is 2. The van der Waals surface area contributed by atoms with Gasteiger partial charge in [-0.2, -0.15) is 5.10 Å². The second-order valence-electron chi connectivity index (χ2n) is 5.54. The summed E-state index contributed by atoms with van der Waals surface area (Å²) in [6, 6.07) is 15.0. The van der Waals surface area contributed by atoms with E-state index in [1.807, 2.05) is 36.4 Å². The van der Waals surface area contributed by atoms with Crippen LogP contribution >= 0.6 is 23.8 Å². The monoisotopic (exact) mass is 372 g/mol. The number of rotatable bonds is 5. The number of halogens is 1. The highest BCUT2D eigenvalue weighted by atomic mass is 35.5. The molecule has 3 aromatic rings. The van der Waals surface area contributed by atoms with Crippen LogP contribution in [0.2, 0.25) is 5.02 Å². The molecule has 0 radical (unpaired) electrons. The Balaban J connectivity index is 1.78. The van der Waals surface area contributed by atoms with Crippen molar-refractivity contribution < 1.29 is 4.79 Å². The number of aryl methyl sites for hydroxylation is 1. The molecule has 0 saturated heterocycles. The van der Waals surface area contributed by atoms with E-state index >= 15 is 0 Å². The molecule has 0 fully saturated rings. The third-order valence-corrected chi connectivity index (χ3v) is 4.37. The van der Waals surface area contributed by atoms with Gasteiger partial charge in [-0.25, -0.2) is 0 Å². The number of carbonyl (C=O) groups excluding carboxylic acids is 1. The Morgan fingerprint density at radius 1 is 1.20 bits per heavy atom. The van der Waals surface area contributed by atoms with Gasteiger partial charge >= 0.3 is 0 Å². The van der Waals surface area contributed by atoms with Crippen LogP contribution in [0.4, 0.5) is 5.69 Å². The summed E-state index contributed by atoms with van der Waals surface area (Å²) in [5, 5.41) is 10.5. The fourth-order valence-corrected chi connectivity index (χ4v) is 2.77. The van der Waals surface area contributed by atoms with Crippen molar-refractivity contribution in [3.8, 4) is 11.4 Å². The van der Waals surface area contributed by atoms with Crippen LogP contribution in [0.3, 0.4) is 0 Å². The maximum absolute atomic E-state index is 12.4. The Morgan fingerprint density at radius 3 is 2.52 bits per heavy atom. The van der Waals surface area contributed by atoms with Crippen molar-refractivity contribution in [2.75, 3.05) is 5.32 Å². The van der Waals surface area contributed by atoms with Crippen LogP contribution in [0.15, 0.2) is 48.5 Å². The minimum Gasteiger partial charge on any atom is -0.325 e. The van der Waals surface area contributed by atoms with Crippen LogP contribution in [-0.4, -0.2) is 20.7 Å². The summed E-state index contributed by atoms with van der Waals surface area (Å²) in [6.45, 7) is 2.16. The molecule has 1 amide bonds. The van der Waals surface area contributed by atoms with Gasteiger partial charge in [0.15, 0.2) is 10.6 Å². The summed E-state index contributed by atoms with van der Waals surface area (Å²) >= 11 is 11.2. The van der Waals surface area contributed by atoms with Crippen molar-refractivity contribution in [3.63, 3.8) is 0 Å². The summed E-state index contributed by atoms with van der Waals surface area (Å²) in [5.74, 6) is 0.426. The zero-order valence-corrected chi connectivity index (χ0v) is 15.2. The minimum absolute atomic E-state index is 0.0722. The van der Waals surface area contributed by atoms with Gasteiger partial charge in [-0.15, -0.1) is 0 Å². The molecule has 0 atom stereocenters. The molecule has 3 rings (SSSR count). The zero-order valence-electron chi connectivity index (χ0n) is 13.6. The maximum Gasteiger partial charge on any atom is 0.244 e. The number of nitrogens with zero attached hydrogens (tertiary/aromatic N) is 2. The number of hydrogen-bond donors (Lipinski definition) is 2. The van der Waals surface area contributed by atoms with E-state index in [4.69, 9.17) is 23.8 Å². The fourth-order valence-electron chi connectivity index (χ4n) is 2.45. The first kappa shape index (κ1) is 17.4. The molecular weight excluding hydrogens is 356 g/mol. The van der Waals surface area contributed by atoms with Gasteiger partial charge < -0.3 is 5.32 Å². The number of benzene rings is 2.